The van der Waals surface area contributed by atoms with E-state index in [1.807, 2.05) is 41.5 Å². The summed E-state index contributed by atoms with van der Waals surface area (Å²) in [5.74, 6) is -1.06. The van der Waals surface area contributed by atoms with Gasteiger partial charge in [-0.1, -0.05) is 46.1 Å². The van der Waals surface area contributed by atoms with Crippen molar-refractivity contribution < 1.29 is 29.3 Å². The monoisotopic (exact) mass is 522 g/mol. The number of halogens is 1. The molecule has 0 aliphatic heterocycles. The van der Waals surface area contributed by atoms with Crippen molar-refractivity contribution in [2.75, 3.05) is 6.61 Å². The first kappa shape index (κ1) is 23.1. The number of hydrogen-bond donors (Lipinski definition) is 2. The van der Waals surface area contributed by atoms with Gasteiger partial charge in [-0.3, -0.25) is 4.79 Å². The van der Waals surface area contributed by atoms with Crippen molar-refractivity contribution in [3.63, 3.8) is 0 Å². The maximum Gasteiger partial charge on any atom is 0.344 e. The third-order valence-electron chi connectivity index (χ3n) is 7.12. The minimum absolute atomic E-state index is 0.0399. The molecular formula is C22H35IO6. The maximum atomic E-state index is 13.2. The Morgan fingerprint density at radius 1 is 1.03 bits per heavy atom. The predicted octanol–water partition coefficient (Wildman–Crippen LogP) is 3.12. The molecule has 4 aliphatic carbocycles. The zero-order chi connectivity index (χ0) is 22.1. The molecule has 29 heavy (non-hydrogen) atoms. The van der Waals surface area contributed by atoms with Crippen molar-refractivity contribution in [3.05, 3.63) is 0 Å². The normalized spacial score (nSPS) is 36.3. The first-order chi connectivity index (χ1) is 13.0. The molecule has 4 bridgehead atoms. The van der Waals surface area contributed by atoms with Gasteiger partial charge in [-0.25, -0.2) is 4.79 Å². The topological polar surface area (TPSA) is 93.1 Å². The Labute approximate surface area is 183 Å². The lowest BCUT2D eigenvalue weighted by Crippen LogP contribution is -2.55. The second-order valence-electron chi connectivity index (χ2n) is 11.5. The second-order valence-corrected chi connectivity index (χ2v) is 13.9. The summed E-state index contributed by atoms with van der Waals surface area (Å²) in [4.78, 5) is 25.8. The van der Waals surface area contributed by atoms with E-state index in [4.69, 9.17) is 9.47 Å². The van der Waals surface area contributed by atoms with E-state index in [0.717, 1.165) is 0 Å². The summed E-state index contributed by atoms with van der Waals surface area (Å²) >= 11 is -0.779. The molecule has 4 fully saturated rings. The number of rotatable bonds is 5. The molecule has 0 aromatic rings. The molecule has 166 valence electrons. The molecule has 2 N–H and O–H groups in total. The van der Waals surface area contributed by atoms with Crippen LogP contribution in [0.5, 0.6) is 0 Å². The molecule has 0 spiro atoms. The van der Waals surface area contributed by atoms with Crippen LogP contribution in [0, 0.1) is 16.7 Å². The van der Waals surface area contributed by atoms with E-state index in [0.29, 0.717) is 32.1 Å². The largest absolute Gasteiger partial charge is 0.456 e. The Morgan fingerprint density at radius 2 is 1.62 bits per heavy atom. The number of hydrogen-bond acceptors (Lipinski definition) is 6. The third kappa shape index (κ3) is 3.59. The molecule has 0 aromatic heterocycles. The number of ether oxygens (including phenoxy) is 2. The highest BCUT2D eigenvalue weighted by Gasteiger charge is 2.70. The SMILES string of the molecule is C=IC(C(=O)OCC(=O)OC12CC3CC(O)(C1)CC3(O)C2)(C(C)(C)C)C(C)(C)C. The van der Waals surface area contributed by atoms with Crippen LogP contribution in [0.2, 0.25) is 0 Å². The van der Waals surface area contributed by atoms with Gasteiger partial charge in [-0.05, 0) is 29.6 Å². The zero-order valence-electron chi connectivity index (χ0n) is 18.4. The number of carbonyl (C=O) groups excluding carboxylic acids is 2. The third-order valence-corrected chi connectivity index (χ3v) is 11.9. The molecule has 0 aromatic carbocycles. The molecule has 0 saturated heterocycles. The highest BCUT2D eigenvalue weighted by molar-refractivity contribution is 14.2. The van der Waals surface area contributed by atoms with Gasteiger partial charge in [0.2, 0.25) is 0 Å². The molecule has 7 heteroatoms. The highest BCUT2D eigenvalue weighted by atomic mass is 127. The average Bonchev–Trinajstić information content (AvgIpc) is 2.79. The van der Waals surface area contributed by atoms with Crippen LogP contribution >= 0.6 is 20.7 Å². The molecule has 4 atom stereocenters. The lowest BCUT2D eigenvalue weighted by molar-refractivity contribution is -0.187. The number of esters is 2. The smallest absolute Gasteiger partial charge is 0.344 e. The molecule has 0 amide bonds. The van der Waals surface area contributed by atoms with Gasteiger partial charge >= 0.3 is 11.9 Å². The first-order valence-electron chi connectivity index (χ1n) is 10.2. The van der Waals surface area contributed by atoms with Gasteiger partial charge in [0.15, 0.2) is 6.61 Å². The van der Waals surface area contributed by atoms with E-state index in [9.17, 15) is 19.8 Å². The fraction of sp³-hybridized carbons (Fsp3) is 0.864. The van der Waals surface area contributed by atoms with Gasteiger partial charge in [0.1, 0.15) is 9.02 Å². The Kier molecular flexibility index (Phi) is 5.37. The minimum Gasteiger partial charge on any atom is -0.456 e. The minimum atomic E-state index is -0.960. The lowest BCUT2D eigenvalue weighted by Gasteiger charge is -2.48. The summed E-state index contributed by atoms with van der Waals surface area (Å²) in [6.45, 7) is 11.6. The summed E-state index contributed by atoms with van der Waals surface area (Å²) in [6, 6.07) is 0. The fourth-order valence-corrected chi connectivity index (χ4v) is 9.41. The van der Waals surface area contributed by atoms with E-state index in [2.05, 4.69) is 4.51 Å². The Morgan fingerprint density at radius 3 is 2.07 bits per heavy atom. The molecule has 4 aliphatic rings. The summed E-state index contributed by atoms with van der Waals surface area (Å²) in [5.41, 5.74) is -3.49. The van der Waals surface area contributed by atoms with Crippen LogP contribution < -0.4 is 0 Å². The second kappa shape index (κ2) is 6.73. The Bertz CT molecular complexity index is 717. The maximum absolute atomic E-state index is 13.2. The van der Waals surface area contributed by atoms with E-state index in [1.165, 1.54) is 0 Å². The van der Waals surface area contributed by atoms with Crippen molar-refractivity contribution >= 4 is 37.2 Å². The van der Waals surface area contributed by atoms with Crippen LogP contribution in [-0.4, -0.2) is 53.5 Å². The van der Waals surface area contributed by atoms with Gasteiger partial charge in [0.25, 0.3) is 0 Å². The highest BCUT2D eigenvalue weighted by Crippen LogP contribution is 2.65. The number of carbonyl (C=O) groups is 2. The lowest BCUT2D eigenvalue weighted by atomic mass is 9.66. The zero-order valence-corrected chi connectivity index (χ0v) is 20.6. The standard InChI is InChI=1S/C22H35IO6/c1-17(2,3)22(23-7,18(4,5)6)16(25)28-10-15(24)29-20-9-14-8-19(26,11-20)12-21(14,27)13-20/h14,26-27H,7-13H2,1-6H3. The summed E-state index contributed by atoms with van der Waals surface area (Å²) < 4.78 is 14.6. The quantitative estimate of drug-likeness (QED) is 0.328. The number of alkyl halides is 1. The van der Waals surface area contributed by atoms with E-state index in [-0.39, 0.29) is 16.7 Å². The van der Waals surface area contributed by atoms with Crippen LogP contribution in [0.25, 0.3) is 0 Å². The van der Waals surface area contributed by atoms with Crippen LogP contribution in [0.1, 0.15) is 73.6 Å². The van der Waals surface area contributed by atoms with E-state index in [1.54, 1.807) is 0 Å². The molecule has 6 nitrogen and oxygen atoms in total. The molecule has 0 heterocycles. The first-order valence-corrected chi connectivity index (χ1v) is 12.9. The molecule has 4 saturated carbocycles. The van der Waals surface area contributed by atoms with Gasteiger partial charge in [0, 0.05) is 19.3 Å². The average molecular weight is 522 g/mol. The summed E-state index contributed by atoms with van der Waals surface area (Å²) in [5, 5.41) is 21.4. The molecule has 4 unspecified atom stereocenters. The van der Waals surface area contributed by atoms with Crippen molar-refractivity contribution in [1.82, 2.24) is 0 Å². The molecule has 4 rings (SSSR count). The molecular weight excluding hydrogens is 487 g/mol. The fourth-order valence-electron chi connectivity index (χ4n) is 6.65. The van der Waals surface area contributed by atoms with Gasteiger partial charge < -0.3 is 19.7 Å². The van der Waals surface area contributed by atoms with Gasteiger partial charge in [-0.2, -0.15) is 0 Å². The van der Waals surface area contributed by atoms with Crippen molar-refractivity contribution in [1.29, 1.82) is 0 Å². The van der Waals surface area contributed by atoms with Crippen LogP contribution in [0.3, 0.4) is 0 Å². The van der Waals surface area contributed by atoms with E-state index >= 15 is 0 Å². The number of aliphatic hydroxyl groups is 2. The Hall–Kier alpha value is -0.540. The summed E-state index contributed by atoms with van der Waals surface area (Å²) in [7, 11) is 0. The van der Waals surface area contributed by atoms with Crippen molar-refractivity contribution in [2.45, 2.75) is 93.9 Å². The van der Waals surface area contributed by atoms with Gasteiger partial charge in [0.05, 0.1) is 11.2 Å². The van der Waals surface area contributed by atoms with E-state index < -0.39 is 59.5 Å². The van der Waals surface area contributed by atoms with Crippen LogP contribution in [0.4, 0.5) is 0 Å². The molecule has 0 radical (unpaired) electrons. The van der Waals surface area contributed by atoms with Crippen molar-refractivity contribution in [3.8, 4) is 0 Å². The van der Waals surface area contributed by atoms with Crippen LogP contribution in [0.15, 0.2) is 0 Å². The predicted molar refractivity (Wildman–Crippen MR) is 119 cm³/mol. The van der Waals surface area contributed by atoms with Crippen LogP contribution in [-0.2, 0) is 19.1 Å². The van der Waals surface area contributed by atoms with Gasteiger partial charge in [-0.15, -0.1) is 20.7 Å². The Balaban J connectivity index is 1.68. The van der Waals surface area contributed by atoms with Crippen molar-refractivity contribution in [2.24, 2.45) is 16.7 Å². The summed E-state index contributed by atoms with van der Waals surface area (Å²) in [6.07, 6.45) is 2.17.